The van der Waals surface area contributed by atoms with E-state index < -0.39 is 8.32 Å². The van der Waals surface area contributed by atoms with Crippen LogP contribution in [0.1, 0.15) is 18.9 Å². The van der Waals surface area contributed by atoms with Gasteiger partial charge < -0.3 is 14.2 Å². The maximum Gasteiger partial charge on any atom is 0.186 e. The lowest BCUT2D eigenvalue weighted by Crippen LogP contribution is -2.47. The van der Waals surface area contributed by atoms with E-state index in [1.807, 2.05) is 0 Å². The van der Waals surface area contributed by atoms with Crippen molar-refractivity contribution in [3.05, 3.63) is 23.8 Å². The van der Waals surface area contributed by atoms with E-state index in [9.17, 15) is 0 Å². The van der Waals surface area contributed by atoms with Crippen LogP contribution in [-0.4, -0.2) is 66.6 Å². The molecule has 1 aliphatic heterocycles. The molecule has 1 heterocycles. The second kappa shape index (κ2) is 9.06. The summed E-state index contributed by atoms with van der Waals surface area (Å²) in [5.74, 6) is 0. The molecule has 0 radical (unpaired) electrons. The van der Waals surface area contributed by atoms with Crippen LogP contribution in [0.25, 0.3) is 0 Å². The van der Waals surface area contributed by atoms with Gasteiger partial charge in [0, 0.05) is 58.3 Å². The number of hydrogen-bond acceptors (Lipinski definition) is 4. The molecule has 25 heavy (non-hydrogen) atoms. The maximum atomic E-state index is 5.94. The third-order valence-electron chi connectivity index (χ3n) is 5.20. The number of piperazine rings is 1. The molecule has 2 rings (SSSR count). The van der Waals surface area contributed by atoms with Gasteiger partial charge in [-0.2, -0.15) is 0 Å². The highest BCUT2D eigenvalue weighted by molar-refractivity contribution is 6.71. The second-order valence-electron chi connectivity index (χ2n) is 7.99. The summed E-state index contributed by atoms with van der Waals surface area (Å²) in [5, 5.41) is 0. The number of hydrogen-bond donors (Lipinski definition) is 0. The van der Waals surface area contributed by atoms with Crippen molar-refractivity contribution in [3.8, 4) is 0 Å². The molecule has 0 unspecified atom stereocenters. The van der Waals surface area contributed by atoms with E-state index in [-0.39, 0.29) is 0 Å². The predicted molar refractivity (Wildman–Crippen MR) is 113 cm³/mol. The van der Waals surface area contributed by atoms with Crippen LogP contribution in [0.3, 0.4) is 0 Å². The first kappa shape index (κ1) is 20.3. The van der Waals surface area contributed by atoms with E-state index in [1.54, 1.807) is 0 Å². The van der Waals surface area contributed by atoms with Gasteiger partial charge in [-0.05, 0) is 63.6 Å². The Hall–Kier alpha value is -1.04. The lowest BCUT2D eigenvalue weighted by Gasteiger charge is -2.37. The molecule has 0 amide bonds. The fraction of sp³-hybridized carbons (Fsp3) is 0.700. The highest BCUT2D eigenvalue weighted by Crippen LogP contribution is 2.26. The Balaban J connectivity index is 1.81. The van der Waals surface area contributed by atoms with Gasteiger partial charge in [0.05, 0.1) is 0 Å². The van der Waals surface area contributed by atoms with Gasteiger partial charge in [-0.3, -0.25) is 4.90 Å². The summed E-state index contributed by atoms with van der Waals surface area (Å²) in [7, 11) is 2.83. The van der Waals surface area contributed by atoms with Crippen molar-refractivity contribution in [2.45, 2.75) is 39.4 Å². The minimum absolute atomic E-state index is 0.864. The average molecular weight is 364 g/mol. The Morgan fingerprint density at radius 1 is 1.12 bits per heavy atom. The van der Waals surface area contributed by atoms with Crippen LogP contribution in [0.2, 0.25) is 19.1 Å². The Kier molecular flexibility index (Phi) is 7.34. The molecule has 1 aromatic rings. The Bertz CT molecular complexity index is 540. The fourth-order valence-corrected chi connectivity index (χ4v) is 5.63. The average Bonchev–Trinajstić information content (AvgIpc) is 2.55. The molecule has 1 saturated heterocycles. The van der Waals surface area contributed by atoms with E-state index in [4.69, 9.17) is 4.43 Å². The summed E-state index contributed by atoms with van der Waals surface area (Å²) < 4.78 is 5.94. The molecule has 0 N–H and O–H groups in total. The van der Waals surface area contributed by atoms with Crippen molar-refractivity contribution in [1.82, 2.24) is 4.90 Å². The van der Waals surface area contributed by atoms with Crippen LogP contribution in [0.15, 0.2) is 18.2 Å². The summed E-state index contributed by atoms with van der Waals surface area (Å²) in [5.41, 5.74) is 4.02. The van der Waals surface area contributed by atoms with Crippen LogP contribution in [0, 0.1) is 6.92 Å². The first-order valence-corrected chi connectivity index (χ1v) is 12.8. The van der Waals surface area contributed by atoms with Crippen molar-refractivity contribution < 1.29 is 4.43 Å². The Morgan fingerprint density at radius 3 is 2.40 bits per heavy atom. The smallest absolute Gasteiger partial charge is 0.186 e. The molecule has 1 fully saturated rings. The number of rotatable bonds is 8. The largest absolute Gasteiger partial charge is 0.418 e. The van der Waals surface area contributed by atoms with Gasteiger partial charge in [0.1, 0.15) is 0 Å². The molecule has 0 atom stereocenters. The first-order valence-electron chi connectivity index (χ1n) is 9.71. The van der Waals surface area contributed by atoms with Gasteiger partial charge in [-0.25, -0.2) is 0 Å². The van der Waals surface area contributed by atoms with Crippen LogP contribution in [0.5, 0.6) is 0 Å². The minimum atomic E-state index is -1.42. The lowest BCUT2D eigenvalue weighted by atomic mass is 10.1. The SMILES string of the molecule is CCO[Si](C)(C)CCCN1CCN(c2ccc(C)c(N(C)C)c2)CC1. The molecule has 0 aliphatic carbocycles. The number of anilines is 2. The molecule has 142 valence electrons. The number of benzene rings is 1. The van der Waals surface area contributed by atoms with Crippen molar-refractivity contribution in [2.24, 2.45) is 0 Å². The summed E-state index contributed by atoms with van der Waals surface area (Å²) in [6.07, 6.45) is 1.27. The van der Waals surface area contributed by atoms with Crippen molar-refractivity contribution in [2.75, 3.05) is 63.2 Å². The second-order valence-corrected chi connectivity index (χ2v) is 12.3. The number of aryl methyl sites for hydroxylation is 1. The van der Waals surface area contributed by atoms with E-state index >= 15 is 0 Å². The maximum absolute atomic E-state index is 5.94. The van der Waals surface area contributed by atoms with Crippen LogP contribution in [-0.2, 0) is 4.43 Å². The van der Waals surface area contributed by atoms with Crippen molar-refractivity contribution in [1.29, 1.82) is 0 Å². The predicted octanol–water partition coefficient (Wildman–Crippen LogP) is 3.81. The van der Waals surface area contributed by atoms with Crippen molar-refractivity contribution in [3.63, 3.8) is 0 Å². The van der Waals surface area contributed by atoms with E-state index in [1.165, 1.54) is 49.0 Å². The summed E-state index contributed by atoms with van der Waals surface area (Å²) in [6.45, 7) is 15.7. The zero-order chi connectivity index (χ0) is 18.4. The highest BCUT2D eigenvalue weighted by atomic mass is 28.4. The third kappa shape index (κ3) is 6.01. The van der Waals surface area contributed by atoms with E-state index in [0.717, 1.165) is 19.7 Å². The van der Waals surface area contributed by atoms with Gasteiger partial charge in [-0.15, -0.1) is 0 Å². The molecule has 0 spiro atoms. The standard InChI is InChI=1S/C20H37N3OSi/c1-7-24-25(5,6)16-8-11-22-12-14-23(15-13-22)19-10-9-18(2)20(17-19)21(3)4/h9-10,17H,7-8,11-16H2,1-6H3. The van der Waals surface area contributed by atoms with Gasteiger partial charge >= 0.3 is 0 Å². The molecule has 4 nitrogen and oxygen atoms in total. The van der Waals surface area contributed by atoms with E-state index in [0.29, 0.717) is 0 Å². The molecule has 0 aromatic heterocycles. The van der Waals surface area contributed by atoms with Crippen LogP contribution < -0.4 is 9.80 Å². The fourth-order valence-electron chi connectivity index (χ4n) is 3.70. The minimum Gasteiger partial charge on any atom is -0.418 e. The summed E-state index contributed by atoms with van der Waals surface area (Å²) in [6, 6.07) is 8.12. The van der Waals surface area contributed by atoms with Crippen LogP contribution in [0.4, 0.5) is 11.4 Å². The molecule has 1 aliphatic rings. The lowest BCUT2D eigenvalue weighted by molar-refractivity contribution is 0.255. The number of nitrogens with zero attached hydrogens (tertiary/aromatic N) is 3. The summed E-state index contributed by atoms with van der Waals surface area (Å²) in [4.78, 5) is 7.36. The molecular weight excluding hydrogens is 326 g/mol. The topological polar surface area (TPSA) is 19.0 Å². The van der Waals surface area contributed by atoms with Crippen LogP contribution >= 0.6 is 0 Å². The molecule has 1 aromatic carbocycles. The molecule has 0 bridgehead atoms. The zero-order valence-corrected chi connectivity index (χ0v) is 18.1. The third-order valence-corrected chi connectivity index (χ3v) is 7.83. The highest BCUT2D eigenvalue weighted by Gasteiger charge is 2.23. The van der Waals surface area contributed by atoms with Gasteiger partial charge in [-0.1, -0.05) is 6.07 Å². The molecule has 5 heteroatoms. The Labute approximate surface area is 155 Å². The summed E-state index contributed by atoms with van der Waals surface area (Å²) >= 11 is 0. The Morgan fingerprint density at radius 2 is 1.80 bits per heavy atom. The van der Waals surface area contributed by atoms with Gasteiger partial charge in [0.15, 0.2) is 8.32 Å². The first-order chi connectivity index (χ1) is 11.8. The van der Waals surface area contributed by atoms with E-state index in [2.05, 4.69) is 73.9 Å². The normalized spacial score (nSPS) is 16.3. The molecule has 0 saturated carbocycles. The van der Waals surface area contributed by atoms with Crippen molar-refractivity contribution >= 4 is 19.7 Å². The monoisotopic (exact) mass is 363 g/mol. The zero-order valence-electron chi connectivity index (χ0n) is 17.1. The molecular formula is C20H37N3OSi. The van der Waals surface area contributed by atoms with Gasteiger partial charge in [0.2, 0.25) is 0 Å². The van der Waals surface area contributed by atoms with Gasteiger partial charge in [0.25, 0.3) is 0 Å². The quantitative estimate of drug-likeness (QED) is 0.654.